The Balaban J connectivity index is 2.21. The van der Waals surface area contributed by atoms with Crippen LogP contribution < -0.4 is 10.9 Å². The highest BCUT2D eigenvalue weighted by atomic mass is 31.2. The first-order valence-electron chi connectivity index (χ1n) is 6.38. The van der Waals surface area contributed by atoms with Gasteiger partial charge in [0.15, 0.2) is 13.3 Å². The fraction of sp³-hybridized carbons (Fsp3) is 0.385. The van der Waals surface area contributed by atoms with Gasteiger partial charge in [-0.3, -0.25) is 4.79 Å². The summed E-state index contributed by atoms with van der Waals surface area (Å²) in [6, 6.07) is 2.89. The maximum Gasteiger partial charge on any atom is 0.259 e. The Bertz CT molecular complexity index is 725. The fourth-order valence-electron chi connectivity index (χ4n) is 2.44. The number of aromatic amines is 1. The second-order valence-electron chi connectivity index (χ2n) is 4.96. The van der Waals surface area contributed by atoms with Gasteiger partial charge in [0.2, 0.25) is 0 Å². The number of hydrogen-bond acceptors (Lipinski definition) is 4. The third-order valence-corrected chi connectivity index (χ3v) is 6.62. The largest absolute Gasteiger partial charge is 0.374 e. The van der Waals surface area contributed by atoms with Gasteiger partial charge in [-0.2, -0.15) is 0 Å². The van der Waals surface area contributed by atoms with Crippen molar-refractivity contribution < 1.29 is 14.0 Å². The maximum absolute atomic E-state index is 14.2. The molecule has 20 heavy (non-hydrogen) atoms. The van der Waals surface area contributed by atoms with E-state index in [0.29, 0.717) is 36.7 Å². The molecule has 2 heterocycles. The fourth-order valence-corrected chi connectivity index (χ4v) is 4.77. The summed E-state index contributed by atoms with van der Waals surface area (Å²) < 4.78 is 19.4. The predicted octanol–water partition coefficient (Wildman–Crippen LogP) is 0.951. The van der Waals surface area contributed by atoms with E-state index in [1.807, 2.05) is 0 Å². The van der Waals surface area contributed by atoms with Crippen molar-refractivity contribution in [1.82, 2.24) is 9.97 Å². The molecule has 5 nitrogen and oxygen atoms in total. The van der Waals surface area contributed by atoms with E-state index in [9.17, 15) is 14.1 Å². The number of rotatable bonds is 1. The van der Waals surface area contributed by atoms with E-state index >= 15 is 0 Å². The van der Waals surface area contributed by atoms with E-state index in [2.05, 4.69) is 9.97 Å². The van der Waals surface area contributed by atoms with Crippen LogP contribution in [0.1, 0.15) is 5.82 Å². The van der Waals surface area contributed by atoms with Crippen molar-refractivity contribution >= 4 is 23.7 Å². The van der Waals surface area contributed by atoms with Crippen molar-refractivity contribution in [3.63, 3.8) is 0 Å². The van der Waals surface area contributed by atoms with Crippen LogP contribution in [0.2, 0.25) is 0 Å². The van der Waals surface area contributed by atoms with Crippen molar-refractivity contribution in [2.24, 2.45) is 0 Å². The molecule has 1 saturated heterocycles. The molecule has 0 bridgehead atoms. The quantitative estimate of drug-likeness (QED) is 0.769. The summed E-state index contributed by atoms with van der Waals surface area (Å²) >= 11 is 0. The lowest BCUT2D eigenvalue weighted by atomic mass is 10.2. The van der Waals surface area contributed by atoms with Gasteiger partial charge in [0.05, 0.1) is 18.6 Å². The summed E-state index contributed by atoms with van der Waals surface area (Å²) in [6.45, 7) is 2.53. The van der Waals surface area contributed by atoms with Gasteiger partial charge >= 0.3 is 0 Å². The Kier molecular flexibility index (Phi) is 3.32. The Morgan fingerprint density at radius 1 is 1.40 bits per heavy atom. The molecule has 1 aliphatic rings. The number of aryl methyl sites for hydroxylation is 1. The Hall–Kier alpha value is -1.36. The van der Waals surface area contributed by atoms with Crippen LogP contribution in [0.25, 0.3) is 10.9 Å². The molecule has 0 spiro atoms. The minimum Gasteiger partial charge on any atom is -0.374 e. The smallest absolute Gasteiger partial charge is 0.259 e. The van der Waals surface area contributed by atoms with Gasteiger partial charge < -0.3 is 9.72 Å². The second kappa shape index (κ2) is 4.88. The van der Waals surface area contributed by atoms with E-state index in [1.165, 1.54) is 6.07 Å². The number of nitrogens with one attached hydrogen (secondary N) is 1. The molecule has 7 heteroatoms. The summed E-state index contributed by atoms with van der Waals surface area (Å²) in [5.41, 5.74) is -0.331. The second-order valence-corrected chi connectivity index (χ2v) is 8.21. The average molecular weight is 297 g/mol. The van der Waals surface area contributed by atoms with Crippen LogP contribution in [-0.4, -0.2) is 40.4 Å². The number of hydrogen-bond donors (Lipinski definition) is 2. The first kappa shape index (κ1) is 13.6. The summed E-state index contributed by atoms with van der Waals surface area (Å²) in [7, 11) is -2.42. The Morgan fingerprint density at radius 2 is 2.10 bits per heavy atom. The van der Waals surface area contributed by atoms with Gasteiger partial charge in [0.1, 0.15) is 29.0 Å². The minimum atomic E-state index is -2.42. The zero-order chi connectivity index (χ0) is 14.3. The third kappa shape index (κ3) is 2.24. The van der Waals surface area contributed by atoms with Crippen molar-refractivity contribution in [1.29, 1.82) is 0 Å². The first-order valence-corrected chi connectivity index (χ1v) is 8.49. The molecular weight excluding hydrogens is 282 g/mol. The number of aromatic nitrogens is 2. The summed E-state index contributed by atoms with van der Waals surface area (Å²) in [5, 5.41) is 0.701. The molecule has 0 aliphatic carbocycles. The van der Waals surface area contributed by atoms with Gasteiger partial charge in [-0.15, -0.1) is 0 Å². The van der Waals surface area contributed by atoms with Crippen LogP contribution in [0.3, 0.4) is 0 Å². The molecule has 0 amide bonds. The van der Waals surface area contributed by atoms with Crippen molar-refractivity contribution in [2.75, 3.05) is 25.5 Å². The van der Waals surface area contributed by atoms with E-state index in [4.69, 9.17) is 4.74 Å². The normalized spacial score (nSPS) is 18.4. The van der Waals surface area contributed by atoms with Crippen molar-refractivity contribution in [3.05, 3.63) is 34.1 Å². The van der Waals surface area contributed by atoms with Crippen LogP contribution in [0.4, 0.5) is 4.39 Å². The van der Waals surface area contributed by atoms with E-state index < -0.39 is 13.3 Å². The average Bonchev–Trinajstić information content (AvgIpc) is 2.40. The highest BCUT2D eigenvalue weighted by molar-refractivity contribution is 7.77. The first-order chi connectivity index (χ1) is 9.49. The monoisotopic (exact) mass is 297 g/mol. The lowest BCUT2D eigenvalue weighted by Gasteiger charge is -2.24. The summed E-state index contributed by atoms with van der Waals surface area (Å²) in [6.07, 6.45) is 0.990. The van der Waals surface area contributed by atoms with Crippen LogP contribution in [0, 0.1) is 12.7 Å². The van der Waals surface area contributed by atoms with Gasteiger partial charge in [0.25, 0.3) is 5.56 Å². The summed E-state index contributed by atoms with van der Waals surface area (Å²) in [5.74, 6) is -0.194. The standard InChI is InChI=1S/C13H14FN2O3P/c1-8-15-12-10(13(17)16-8)6-9(7-11(12)14)20(18)4-2-19-3-5-20/h6-7,18H,2-5H2,1H3/p+1. The molecule has 3 rings (SSSR count). The Labute approximate surface area is 115 Å². The van der Waals surface area contributed by atoms with Crippen molar-refractivity contribution in [3.8, 4) is 0 Å². The number of halogens is 1. The third-order valence-electron chi connectivity index (χ3n) is 3.56. The van der Waals surface area contributed by atoms with Gasteiger partial charge in [0, 0.05) is 6.07 Å². The molecule has 2 N–H and O–H groups in total. The lowest BCUT2D eigenvalue weighted by molar-refractivity contribution is 0.154. The predicted molar refractivity (Wildman–Crippen MR) is 76.4 cm³/mol. The number of nitrogens with zero attached hydrogens (tertiary/aromatic N) is 1. The van der Waals surface area contributed by atoms with Crippen LogP contribution in [-0.2, 0) is 4.74 Å². The number of H-pyrrole nitrogens is 1. The van der Waals surface area contributed by atoms with Crippen LogP contribution >= 0.6 is 7.49 Å². The van der Waals surface area contributed by atoms with Crippen LogP contribution in [0.15, 0.2) is 16.9 Å². The molecule has 1 aliphatic heterocycles. The molecule has 0 radical (unpaired) electrons. The zero-order valence-corrected chi connectivity index (χ0v) is 11.9. The zero-order valence-electron chi connectivity index (χ0n) is 11.0. The van der Waals surface area contributed by atoms with Gasteiger partial charge in [-0.05, 0) is 13.0 Å². The number of benzene rings is 1. The SMILES string of the molecule is Cc1nc2c(F)cc([P+]3(O)CCOCC3)cc2c(=O)[nH]1. The van der Waals surface area contributed by atoms with Crippen molar-refractivity contribution in [2.45, 2.75) is 6.92 Å². The maximum atomic E-state index is 14.2. The minimum absolute atomic E-state index is 0.0508. The molecule has 1 fully saturated rings. The van der Waals surface area contributed by atoms with Gasteiger partial charge in [-0.1, -0.05) is 0 Å². The Morgan fingerprint density at radius 3 is 2.80 bits per heavy atom. The van der Waals surface area contributed by atoms with Crippen LogP contribution in [0.5, 0.6) is 0 Å². The van der Waals surface area contributed by atoms with E-state index in [-0.39, 0.29) is 16.5 Å². The molecule has 1 aromatic heterocycles. The summed E-state index contributed by atoms with van der Waals surface area (Å²) in [4.78, 5) is 29.2. The molecule has 2 aromatic rings. The molecule has 0 atom stereocenters. The highest BCUT2D eigenvalue weighted by Gasteiger charge is 2.41. The molecule has 1 aromatic carbocycles. The number of fused-ring (bicyclic) bond motifs is 1. The number of ether oxygens (including phenoxy) is 1. The van der Waals surface area contributed by atoms with Gasteiger partial charge in [-0.25, -0.2) is 14.3 Å². The molecule has 0 saturated carbocycles. The lowest BCUT2D eigenvalue weighted by Crippen LogP contribution is -2.28. The molecule has 106 valence electrons. The highest BCUT2D eigenvalue weighted by Crippen LogP contribution is 2.54. The van der Waals surface area contributed by atoms with E-state index in [0.717, 1.165) is 0 Å². The topological polar surface area (TPSA) is 75.2 Å². The van der Waals surface area contributed by atoms with E-state index in [1.54, 1.807) is 13.0 Å². The molecule has 0 unspecified atom stereocenters. The molecular formula is C13H15FN2O3P+.